The summed E-state index contributed by atoms with van der Waals surface area (Å²) in [4.78, 5) is 0. The highest BCUT2D eigenvalue weighted by molar-refractivity contribution is 6.31. The molecule has 0 aliphatic carbocycles. The zero-order chi connectivity index (χ0) is 12.4. The largest absolute Gasteiger partial charge is 0.381 e. The molecule has 0 aromatic heterocycles. The highest BCUT2D eigenvalue weighted by Crippen LogP contribution is 2.34. The Labute approximate surface area is 114 Å². The Morgan fingerprint density at radius 3 is 2.61 bits per heavy atom. The molecule has 0 amide bonds. The van der Waals surface area contributed by atoms with Gasteiger partial charge in [0.25, 0.3) is 0 Å². The van der Waals surface area contributed by atoms with Gasteiger partial charge in [0, 0.05) is 24.8 Å². The second kappa shape index (κ2) is 5.60. The molecule has 2 aliphatic heterocycles. The lowest BCUT2D eigenvalue weighted by molar-refractivity contribution is 0.0853. The highest BCUT2D eigenvalue weighted by Gasteiger charge is 2.21. The number of hydrogen-bond acceptors (Lipinski definition) is 2. The van der Waals surface area contributed by atoms with E-state index in [1.807, 2.05) is 0 Å². The minimum atomic E-state index is 0.585. The van der Waals surface area contributed by atoms with Crippen molar-refractivity contribution in [2.45, 2.75) is 31.1 Å². The zero-order valence-electron chi connectivity index (χ0n) is 10.6. The molecule has 2 fully saturated rings. The molecule has 3 heteroatoms. The fraction of sp³-hybridized carbons (Fsp3) is 0.600. The maximum Gasteiger partial charge on any atom is 0.0471 e. The van der Waals surface area contributed by atoms with Crippen molar-refractivity contribution < 1.29 is 4.74 Å². The molecule has 2 nitrogen and oxygen atoms in total. The van der Waals surface area contributed by atoms with Gasteiger partial charge in [-0.25, -0.2) is 0 Å². The van der Waals surface area contributed by atoms with Gasteiger partial charge in [-0.2, -0.15) is 0 Å². The first kappa shape index (κ1) is 12.5. The van der Waals surface area contributed by atoms with E-state index < -0.39 is 0 Å². The number of halogens is 1. The van der Waals surface area contributed by atoms with Crippen molar-refractivity contribution in [3.63, 3.8) is 0 Å². The molecule has 1 aromatic rings. The molecule has 0 spiro atoms. The molecule has 18 heavy (non-hydrogen) atoms. The Morgan fingerprint density at radius 2 is 1.94 bits per heavy atom. The van der Waals surface area contributed by atoms with E-state index >= 15 is 0 Å². The number of benzene rings is 1. The van der Waals surface area contributed by atoms with Gasteiger partial charge in [0.1, 0.15) is 0 Å². The Bertz CT molecular complexity index is 409. The molecule has 1 unspecified atom stereocenters. The third kappa shape index (κ3) is 2.56. The van der Waals surface area contributed by atoms with Crippen LogP contribution < -0.4 is 5.32 Å². The molecular weight excluding hydrogens is 246 g/mol. The standard InChI is InChI=1S/C15H20ClNO/c16-15-9-12(13-3-6-17-10-13)1-2-14(15)11-4-7-18-8-5-11/h1-2,9,11,13,17H,3-8,10H2. The van der Waals surface area contributed by atoms with Gasteiger partial charge < -0.3 is 10.1 Å². The van der Waals surface area contributed by atoms with Crippen LogP contribution in [0.5, 0.6) is 0 Å². The lowest BCUT2D eigenvalue weighted by Gasteiger charge is -2.24. The highest BCUT2D eigenvalue weighted by atomic mass is 35.5. The molecule has 2 aliphatic rings. The van der Waals surface area contributed by atoms with E-state index in [1.165, 1.54) is 17.5 Å². The van der Waals surface area contributed by atoms with Crippen molar-refractivity contribution in [3.05, 3.63) is 34.3 Å². The molecule has 0 bridgehead atoms. The van der Waals surface area contributed by atoms with Crippen LogP contribution in [0.3, 0.4) is 0 Å². The average molecular weight is 266 g/mol. The quantitative estimate of drug-likeness (QED) is 0.886. The van der Waals surface area contributed by atoms with Crippen molar-refractivity contribution in [3.8, 4) is 0 Å². The summed E-state index contributed by atoms with van der Waals surface area (Å²) in [5.74, 6) is 1.23. The van der Waals surface area contributed by atoms with Crippen LogP contribution in [0.25, 0.3) is 0 Å². The van der Waals surface area contributed by atoms with E-state index in [0.29, 0.717) is 11.8 Å². The van der Waals surface area contributed by atoms with Gasteiger partial charge in [-0.05, 0) is 54.8 Å². The second-order valence-electron chi connectivity index (χ2n) is 5.36. The number of nitrogens with one attached hydrogen (secondary N) is 1. The third-order valence-corrected chi connectivity index (χ3v) is 4.54. The molecular formula is C15H20ClNO. The molecule has 2 saturated heterocycles. The lowest BCUT2D eigenvalue weighted by atomic mass is 9.89. The maximum absolute atomic E-state index is 6.48. The normalized spacial score (nSPS) is 25.5. The van der Waals surface area contributed by atoms with Gasteiger partial charge in [0.15, 0.2) is 0 Å². The van der Waals surface area contributed by atoms with Crippen LogP contribution in [0, 0.1) is 0 Å². The van der Waals surface area contributed by atoms with Gasteiger partial charge in [-0.3, -0.25) is 0 Å². The minimum absolute atomic E-state index is 0.585. The van der Waals surface area contributed by atoms with Crippen molar-refractivity contribution in [1.82, 2.24) is 5.32 Å². The van der Waals surface area contributed by atoms with Gasteiger partial charge in [0.05, 0.1) is 0 Å². The first-order valence-corrected chi connectivity index (χ1v) is 7.30. The summed E-state index contributed by atoms with van der Waals surface area (Å²) < 4.78 is 5.41. The van der Waals surface area contributed by atoms with Gasteiger partial charge in [0.2, 0.25) is 0 Å². The Hall–Kier alpha value is -0.570. The van der Waals surface area contributed by atoms with Gasteiger partial charge >= 0.3 is 0 Å². The van der Waals surface area contributed by atoms with E-state index in [1.54, 1.807) is 0 Å². The molecule has 0 saturated carbocycles. The molecule has 1 aromatic carbocycles. The Balaban J connectivity index is 1.79. The minimum Gasteiger partial charge on any atom is -0.381 e. The molecule has 1 N–H and O–H groups in total. The fourth-order valence-corrected chi connectivity index (χ4v) is 3.42. The summed E-state index contributed by atoms with van der Waals surface area (Å²) in [6.45, 7) is 3.96. The first-order valence-electron chi connectivity index (χ1n) is 6.92. The van der Waals surface area contributed by atoms with Crippen LogP contribution in [0.1, 0.15) is 42.2 Å². The van der Waals surface area contributed by atoms with E-state index in [9.17, 15) is 0 Å². The summed E-state index contributed by atoms with van der Waals surface area (Å²) in [6, 6.07) is 6.70. The molecule has 0 radical (unpaired) electrons. The lowest BCUT2D eigenvalue weighted by Crippen LogP contribution is -2.14. The van der Waals surface area contributed by atoms with Crippen molar-refractivity contribution in [2.75, 3.05) is 26.3 Å². The smallest absolute Gasteiger partial charge is 0.0471 e. The van der Waals surface area contributed by atoms with E-state index in [-0.39, 0.29) is 0 Å². The summed E-state index contributed by atoms with van der Waals surface area (Å²) in [6.07, 6.45) is 3.43. The molecule has 2 heterocycles. The van der Waals surface area contributed by atoms with Crippen LogP contribution in [0.15, 0.2) is 18.2 Å². The van der Waals surface area contributed by atoms with Crippen LogP contribution in [-0.2, 0) is 4.74 Å². The van der Waals surface area contributed by atoms with Crippen LogP contribution in [0.4, 0.5) is 0 Å². The van der Waals surface area contributed by atoms with E-state index in [4.69, 9.17) is 16.3 Å². The molecule has 3 rings (SSSR count). The summed E-state index contributed by atoms with van der Waals surface area (Å²) in [7, 11) is 0. The summed E-state index contributed by atoms with van der Waals surface area (Å²) >= 11 is 6.48. The van der Waals surface area contributed by atoms with Crippen molar-refractivity contribution in [2.24, 2.45) is 0 Å². The monoisotopic (exact) mass is 265 g/mol. The van der Waals surface area contributed by atoms with E-state index in [2.05, 4.69) is 23.5 Å². The Kier molecular flexibility index (Phi) is 3.88. The number of hydrogen-bond donors (Lipinski definition) is 1. The maximum atomic E-state index is 6.48. The average Bonchev–Trinajstić information content (AvgIpc) is 2.93. The first-order chi connectivity index (χ1) is 8.84. The van der Waals surface area contributed by atoms with E-state index in [0.717, 1.165) is 44.2 Å². The third-order valence-electron chi connectivity index (χ3n) is 4.22. The molecule has 1 atom stereocenters. The number of ether oxygens (including phenoxy) is 1. The Morgan fingerprint density at radius 1 is 1.11 bits per heavy atom. The predicted octanol–water partition coefficient (Wildman–Crippen LogP) is 3.31. The summed E-state index contributed by atoms with van der Waals surface area (Å²) in [5.41, 5.74) is 2.70. The van der Waals surface area contributed by atoms with Crippen molar-refractivity contribution >= 4 is 11.6 Å². The predicted molar refractivity (Wildman–Crippen MR) is 74.5 cm³/mol. The molecule has 98 valence electrons. The second-order valence-corrected chi connectivity index (χ2v) is 5.76. The number of rotatable bonds is 2. The van der Waals surface area contributed by atoms with Crippen LogP contribution in [0.2, 0.25) is 5.02 Å². The van der Waals surface area contributed by atoms with Crippen LogP contribution in [-0.4, -0.2) is 26.3 Å². The van der Waals surface area contributed by atoms with Crippen molar-refractivity contribution in [1.29, 1.82) is 0 Å². The summed E-state index contributed by atoms with van der Waals surface area (Å²) in [5, 5.41) is 4.36. The van der Waals surface area contributed by atoms with Gasteiger partial charge in [-0.1, -0.05) is 23.7 Å². The fourth-order valence-electron chi connectivity index (χ4n) is 3.08. The zero-order valence-corrected chi connectivity index (χ0v) is 11.4. The SMILES string of the molecule is Clc1cc(C2CCNC2)ccc1C1CCOCC1. The topological polar surface area (TPSA) is 21.3 Å². The van der Waals surface area contributed by atoms with Gasteiger partial charge in [-0.15, -0.1) is 0 Å². The van der Waals surface area contributed by atoms with Crippen LogP contribution >= 0.6 is 11.6 Å².